The number of aromatic nitrogens is 4. The van der Waals surface area contributed by atoms with E-state index in [0.29, 0.717) is 17.0 Å². The Balaban J connectivity index is 2.21. The maximum absolute atomic E-state index is 13.2. The Morgan fingerprint density at radius 2 is 1.62 bits per heavy atom. The number of rotatable bonds is 2. The molecule has 0 aliphatic heterocycles. The van der Waals surface area contributed by atoms with Crippen LogP contribution in [0.3, 0.4) is 0 Å². The molecule has 1 aromatic carbocycles. The fourth-order valence-electron chi connectivity index (χ4n) is 2.27. The molecule has 0 fully saturated rings. The molecule has 0 unspecified atom stereocenters. The number of hydrogen-bond acceptors (Lipinski definition) is 3. The quantitative estimate of drug-likeness (QED) is 0.662. The van der Waals surface area contributed by atoms with Crippen LogP contribution in [0.2, 0.25) is 0 Å². The van der Waals surface area contributed by atoms with E-state index >= 15 is 0 Å². The molecule has 124 valence electrons. The van der Waals surface area contributed by atoms with Crippen LogP contribution in [-0.4, -0.2) is 19.7 Å². The molecule has 0 radical (unpaired) electrons. The monoisotopic (exact) mass is 336 g/mol. The minimum absolute atomic E-state index is 0.0416. The van der Waals surface area contributed by atoms with E-state index in [1.54, 1.807) is 19.9 Å². The third kappa shape index (κ3) is 3.12. The van der Waals surface area contributed by atoms with Crippen LogP contribution in [0.15, 0.2) is 36.4 Å². The standard InChI is InChI=1S/C16H12F4N4/c1-9-7-10(2)24(23-9)15-21-13(8-14(22-15)16(18,19)20)11-3-5-12(17)6-4-11/h3-8H,1-2H3. The van der Waals surface area contributed by atoms with Crippen LogP contribution in [0.4, 0.5) is 17.6 Å². The second-order valence-electron chi connectivity index (χ2n) is 5.28. The minimum Gasteiger partial charge on any atom is -0.211 e. The Morgan fingerprint density at radius 3 is 2.17 bits per heavy atom. The SMILES string of the molecule is Cc1cc(C)n(-c2nc(-c3ccc(F)cc3)cc(C(F)(F)F)n2)n1. The average molecular weight is 336 g/mol. The second kappa shape index (κ2) is 5.70. The van der Waals surface area contributed by atoms with Crippen LogP contribution in [0.25, 0.3) is 17.2 Å². The molecule has 3 rings (SSSR count). The van der Waals surface area contributed by atoms with E-state index in [-0.39, 0.29) is 11.6 Å². The third-order valence-corrected chi connectivity index (χ3v) is 3.34. The van der Waals surface area contributed by atoms with Crippen molar-refractivity contribution >= 4 is 0 Å². The largest absolute Gasteiger partial charge is 0.433 e. The van der Waals surface area contributed by atoms with E-state index in [9.17, 15) is 17.6 Å². The smallest absolute Gasteiger partial charge is 0.211 e. The highest BCUT2D eigenvalue weighted by Gasteiger charge is 2.34. The van der Waals surface area contributed by atoms with Gasteiger partial charge in [-0.05, 0) is 50.2 Å². The first-order chi connectivity index (χ1) is 11.2. The van der Waals surface area contributed by atoms with E-state index in [4.69, 9.17) is 0 Å². The van der Waals surface area contributed by atoms with Gasteiger partial charge >= 0.3 is 6.18 Å². The molecule has 0 saturated heterocycles. The highest BCUT2D eigenvalue weighted by molar-refractivity contribution is 5.60. The number of nitrogens with zero attached hydrogens (tertiary/aromatic N) is 4. The minimum atomic E-state index is -4.64. The maximum Gasteiger partial charge on any atom is 0.433 e. The number of alkyl halides is 3. The Kier molecular flexibility index (Phi) is 3.82. The van der Waals surface area contributed by atoms with Crippen molar-refractivity contribution in [2.75, 3.05) is 0 Å². The molecule has 0 aliphatic carbocycles. The summed E-state index contributed by atoms with van der Waals surface area (Å²) in [5.74, 6) is -0.669. The summed E-state index contributed by atoms with van der Waals surface area (Å²) in [5, 5.41) is 4.12. The van der Waals surface area contributed by atoms with Gasteiger partial charge in [-0.1, -0.05) is 0 Å². The lowest BCUT2D eigenvalue weighted by Gasteiger charge is -2.11. The normalized spacial score (nSPS) is 11.8. The molecule has 2 heterocycles. The number of halogens is 4. The number of hydrogen-bond donors (Lipinski definition) is 0. The zero-order valence-electron chi connectivity index (χ0n) is 12.8. The summed E-state index contributed by atoms with van der Waals surface area (Å²) in [6.45, 7) is 3.42. The van der Waals surface area contributed by atoms with E-state index in [0.717, 1.165) is 18.2 Å². The molecule has 0 amide bonds. The molecule has 4 nitrogen and oxygen atoms in total. The Hall–Kier alpha value is -2.77. The maximum atomic E-state index is 13.2. The third-order valence-electron chi connectivity index (χ3n) is 3.34. The van der Waals surface area contributed by atoms with Gasteiger partial charge in [-0.25, -0.2) is 19.0 Å². The summed E-state index contributed by atoms with van der Waals surface area (Å²) >= 11 is 0. The van der Waals surface area contributed by atoms with Crippen LogP contribution in [0.1, 0.15) is 17.1 Å². The molecule has 0 atom stereocenters. The summed E-state index contributed by atoms with van der Waals surface area (Å²) in [7, 11) is 0. The van der Waals surface area contributed by atoms with E-state index in [2.05, 4.69) is 15.1 Å². The van der Waals surface area contributed by atoms with E-state index in [1.165, 1.54) is 16.8 Å². The summed E-state index contributed by atoms with van der Waals surface area (Å²) in [5.41, 5.74) is 0.556. The van der Waals surface area contributed by atoms with Gasteiger partial charge in [0.15, 0.2) is 5.69 Å². The first-order valence-electron chi connectivity index (χ1n) is 7.00. The van der Waals surface area contributed by atoms with Crippen molar-refractivity contribution in [3.05, 3.63) is 59.3 Å². The van der Waals surface area contributed by atoms with Gasteiger partial charge in [-0.2, -0.15) is 18.3 Å². The van der Waals surface area contributed by atoms with Gasteiger partial charge in [0.2, 0.25) is 0 Å². The predicted octanol–water partition coefficient (Wildman–Crippen LogP) is 4.10. The first kappa shape index (κ1) is 16.1. The molecule has 0 bridgehead atoms. The molecule has 8 heteroatoms. The van der Waals surface area contributed by atoms with Gasteiger partial charge in [-0.15, -0.1) is 0 Å². The molecule has 2 aromatic heterocycles. The van der Waals surface area contributed by atoms with Crippen molar-refractivity contribution in [1.82, 2.24) is 19.7 Å². The molecular weight excluding hydrogens is 324 g/mol. The summed E-state index contributed by atoms with van der Waals surface area (Å²) in [6.07, 6.45) is -4.64. The molecule has 24 heavy (non-hydrogen) atoms. The molecule has 0 aliphatic rings. The zero-order valence-corrected chi connectivity index (χ0v) is 12.8. The van der Waals surface area contributed by atoms with Gasteiger partial charge in [0.25, 0.3) is 5.95 Å². The lowest BCUT2D eigenvalue weighted by atomic mass is 10.1. The van der Waals surface area contributed by atoms with Gasteiger partial charge in [0, 0.05) is 11.3 Å². The van der Waals surface area contributed by atoms with Crippen LogP contribution >= 0.6 is 0 Å². The second-order valence-corrected chi connectivity index (χ2v) is 5.28. The van der Waals surface area contributed by atoms with E-state index < -0.39 is 17.7 Å². The topological polar surface area (TPSA) is 43.6 Å². The fourth-order valence-corrected chi connectivity index (χ4v) is 2.27. The van der Waals surface area contributed by atoms with Crippen molar-refractivity contribution in [1.29, 1.82) is 0 Å². The van der Waals surface area contributed by atoms with Gasteiger partial charge in [0.1, 0.15) is 5.82 Å². The molecule has 0 N–H and O–H groups in total. The molecular formula is C16H12F4N4. The summed E-state index contributed by atoms with van der Waals surface area (Å²) in [6, 6.07) is 7.59. The van der Waals surface area contributed by atoms with Gasteiger partial charge in [-0.3, -0.25) is 0 Å². The van der Waals surface area contributed by atoms with Crippen molar-refractivity contribution in [2.45, 2.75) is 20.0 Å². The van der Waals surface area contributed by atoms with Crippen LogP contribution in [0.5, 0.6) is 0 Å². The highest BCUT2D eigenvalue weighted by Crippen LogP contribution is 2.31. The average Bonchev–Trinajstić information content (AvgIpc) is 2.85. The fraction of sp³-hybridized carbons (Fsp3) is 0.188. The van der Waals surface area contributed by atoms with Gasteiger partial charge in [0.05, 0.1) is 11.4 Å². The van der Waals surface area contributed by atoms with E-state index in [1.807, 2.05) is 0 Å². The lowest BCUT2D eigenvalue weighted by Crippen LogP contribution is -2.14. The van der Waals surface area contributed by atoms with Gasteiger partial charge < -0.3 is 0 Å². The zero-order chi connectivity index (χ0) is 17.5. The van der Waals surface area contributed by atoms with Crippen molar-refractivity contribution < 1.29 is 17.6 Å². The lowest BCUT2D eigenvalue weighted by molar-refractivity contribution is -0.141. The van der Waals surface area contributed by atoms with Crippen LogP contribution < -0.4 is 0 Å². The Labute approximate surface area is 134 Å². The summed E-state index contributed by atoms with van der Waals surface area (Å²) < 4.78 is 53.8. The van der Waals surface area contributed by atoms with Crippen molar-refractivity contribution in [3.63, 3.8) is 0 Å². The predicted molar refractivity (Wildman–Crippen MR) is 79.0 cm³/mol. The van der Waals surface area contributed by atoms with Crippen LogP contribution in [-0.2, 0) is 6.18 Å². The first-order valence-corrected chi connectivity index (χ1v) is 7.00. The molecule has 3 aromatic rings. The number of aryl methyl sites for hydroxylation is 2. The Bertz CT molecular complexity index is 882. The number of benzene rings is 1. The van der Waals surface area contributed by atoms with Crippen molar-refractivity contribution in [3.8, 4) is 17.2 Å². The molecule has 0 spiro atoms. The van der Waals surface area contributed by atoms with Crippen molar-refractivity contribution in [2.24, 2.45) is 0 Å². The Morgan fingerprint density at radius 1 is 0.958 bits per heavy atom. The van der Waals surface area contributed by atoms with Crippen LogP contribution in [0, 0.1) is 19.7 Å². The molecule has 0 saturated carbocycles. The highest BCUT2D eigenvalue weighted by atomic mass is 19.4. The summed E-state index contributed by atoms with van der Waals surface area (Å²) in [4.78, 5) is 7.74.